The number of nitrogens with one attached hydrogen (secondary N) is 3. The number of allylic oxidation sites excluding steroid dienone is 2. The third-order valence-electron chi connectivity index (χ3n) is 6.78. The summed E-state index contributed by atoms with van der Waals surface area (Å²) in [6.07, 6.45) is 8.09. The highest BCUT2D eigenvalue weighted by Gasteiger charge is 2.16. The molecule has 0 aliphatic carbocycles. The number of aromatic nitrogens is 5. The number of H-pyrrole nitrogens is 2. The predicted octanol–water partition coefficient (Wildman–Crippen LogP) is 6.41. The molecule has 6 aromatic rings. The number of hydrogen-bond donors (Lipinski definition) is 3. The number of rotatable bonds is 7. The quantitative estimate of drug-likeness (QED) is 0.223. The van der Waals surface area contributed by atoms with E-state index >= 15 is 0 Å². The summed E-state index contributed by atoms with van der Waals surface area (Å²) in [5.41, 5.74) is 9.74. The minimum Gasteiger partial charge on any atom is -0.353 e. The van der Waals surface area contributed by atoms with E-state index in [1.54, 1.807) is 11.3 Å². The van der Waals surface area contributed by atoms with Crippen LogP contribution in [0.15, 0.2) is 101 Å². The fraction of sp³-hybridized carbons (Fsp3) is 0.0968. The van der Waals surface area contributed by atoms with E-state index in [-0.39, 0.29) is 0 Å². The van der Waals surface area contributed by atoms with Gasteiger partial charge in [0.05, 0.1) is 34.0 Å². The summed E-state index contributed by atoms with van der Waals surface area (Å²) in [7, 11) is 0. The molecule has 8 heteroatoms. The fourth-order valence-corrected chi connectivity index (χ4v) is 5.61. The van der Waals surface area contributed by atoms with Crippen LogP contribution in [0.3, 0.4) is 0 Å². The zero-order chi connectivity index (χ0) is 26.0. The van der Waals surface area contributed by atoms with Crippen LogP contribution in [0, 0.1) is 0 Å². The minimum absolute atomic E-state index is 0.618. The highest BCUT2D eigenvalue weighted by molar-refractivity contribution is 7.13. The summed E-state index contributed by atoms with van der Waals surface area (Å²) in [6.45, 7) is 2.15. The molecule has 1 aliphatic heterocycles. The molecule has 0 bridgehead atoms. The molecule has 1 aromatic carbocycles. The van der Waals surface area contributed by atoms with Crippen molar-refractivity contribution in [3.05, 3.63) is 107 Å². The predicted molar refractivity (Wildman–Crippen MR) is 160 cm³/mol. The second kappa shape index (κ2) is 10.2. The van der Waals surface area contributed by atoms with Crippen LogP contribution in [0.5, 0.6) is 0 Å². The van der Waals surface area contributed by atoms with Gasteiger partial charge in [-0.15, -0.1) is 11.3 Å². The number of thiophene rings is 1. The number of benzene rings is 1. The topological polar surface area (TPSA) is 94.6 Å². The summed E-state index contributed by atoms with van der Waals surface area (Å²) in [5, 5.41) is 14.5. The molecule has 0 atom stereocenters. The van der Waals surface area contributed by atoms with E-state index in [1.807, 2.05) is 42.7 Å². The average Bonchev–Trinajstić information content (AvgIpc) is 3.71. The molecule has 7 rings (SSSR count). The molecule has 0 saturated carbocycles. The first kappa shape index (κ1) is 23.5. The Hall–Kier alpha value is -4.66. The molecule has 190 valence electrons. The van der Waals surface area contributed by atoms with Crippen molar-refractivity contribution in [2.75, 3.05) is 13.1 Å². The maximum atomic E-state index is 5.07. The van der Waals surface area contributed by atoms with E-state index in [4.69, 9.17) is 4.98 Å². The van der Waals surface area contributed by atoms with Gasteiger partial charge in [-0.1, -0.05) is 42.5 Å². The van der Waals surface area contributed by atoms with Crippen molar-refractivity contribution in [1.82, 2.24) is 30.5 Å². The molecule has 0 saturated heterocycles. The van der Waals surface area contributed by atoms with Crippen LogP contribution in [0.2, 0.25) is 0 Å². The van der Waals surface area contributed by atoms with Crippen molar-refractivity contribution in [2.45, 2.75) is 6.54 Å². The average molecular weight is 528 g/mol. The number of nitrogens with zero attached hydrogens (tertiary/aromatic N) is 4. The molecule has 5 aromatic heterocycles. The van der Waals surface area contributed by atoms with E-state index in [2.05, 4.69) is 84.4 Å². The van der Waals surface area contributed by atoms with Crippen LogP contribution in [-0.2, 0) is 6.54 Å². The first-order valence-electron chi connectivity index (χ1n) is 12.8. The van der Waals surface area contributed by atoms with E-state index in [9.17, 15) is 0 Å². The van der Waals surface area contributed by atoms with Gasteiger partial charge < -0.3 is 10.3 Å². The third-order valence-corrected chi connectivity index (χ3v) is 7.65. The molecule has 1 aliphatic rings. The van der Waals surface area contributed by atoms with Gasteiger partial charge in [-0.3, -0.25) is 15.1 Å². The zero-order valence-corrected chi connectivity index (χ0v) is 21.9. The molecule has 6 heterocycles. The van der Waals surface area contributed by atoms with Crippen molar-refractivity contribution >= 4 is 45.1 Å². The lowest BCUT2D eigenvalue weighted by Gasteiger charge is -2.07. The molecule has 3 N–H and O–H groups in total. The van der Waals surface area contributed by atoms with E-state index in [1.165, 1.54) is 5.56 Å². The Bertz CT molecular complexity index is 1860. The molecule has 39 heavy (non-hydrogen) atoms. The van der Waals surface area contributed by atoms with Gasteiger partial charge in [0.25, 0.3) is 0 Å². The second-order valence-corrected chi connectivity index (χ2v) is 10.4. The van der Waals surface area contributed by atoms with Gasteiger partial charge in [0.1, 0.15) is 11.2 Å². The molecular weight excluding hydrogens is 502 g/mol. The number of aromatic amines is 2. The number of hydrogen-bond acceptors (Lipinski definition) is 6. The SMILES string of the molecule is C1=NCC=C(c2ccc3[nH]nc(-c4cc5c(-c6cccs6)nccc5[nH]4)c3n2)C=C1CNCc1ccccc1. The molecule has 0 spiro atoms. The largest absolute Gasteiger partial charge is 0.353 e. The molecule has 7 nitrogen and oxygen atoms in total. The Morgan fingerprint density at radius 2 is 1.87 bits per heavy atom. The van der Waals surface area contributed by atoms with Crippen molar-refractivity contribution in [2.24, 2.45) is 4.99 Å². The maximum Gasteiger partial charge on any atom is 0.135 e. The van der Waals surface area contributed by atoms with Crippen LogP contribution < -0.4 is 5.32 Å². The first-order valence-corrected chi connectivity index (χ1v) is 13.7. The monoisotopic (exact) mass is 527 g/mol. The molecular formula is C31H25N7S. The smallest absolute Gasteiger partial charge is 0.135 e. The van der Waals surface area contributed by atoms with Crippen LogP contribution in [0.4, 0.5) is 0 Å². The Balaban J connectivity index is 1.19. The Morgan fingerprint density at radius 1 is 0.923 bits per heavy atom. The van der Waals surface area contributed by atoms with Gasteiger partial charge >= 0.3 is 0 Å². The van der Waals surface area contributed by atoms with Crippen molar-refractivity contribution in [1.29, 1.82) is 0 Å². The Morgan fingerprint density at radius 3 is 2.77 bits per heavy atom. The van der Waals surface area contributed by atoms with Crippen LogP contribution in [0.25, 0.3) is 49.5 Å². The molecule has 0 radical (unpaired) electrons. The van der Waals surface area contributed by atoms with E-state index in [0.717, 1.165) is 73.8 Å². The number of pyridine rings is 2. The molecule has 0 fully saturated rings. The van der Waals surface area contributed by atoms with Gasteiger partial charge in [0.15, 0.2) is 0 Å². The highest BCUT2D eigenvalue weighted by atomic mass is 32.1. The van der Waals surface area contributed by atoms with Gasteiger partial charge in [-0.25, -0.2) is 4.98 Å². The van der Waals surface area contributed by atoms with E-state index < -0.39 is 0 Å². The second-order valence-electron chi connectivity index (χ2n) is 9.41. The lowest BCUT2D eigenvalue weighted by Crippen LogP contribution is -2.17. The van der Waals surface area contributed by atoms with Gasteiger partial charge in [0.2, 0.25) is 0 Å². The Kier molecular flexibility index (Phi) is 6.16. The van der Waals surface area contributed by atoms with Crippen molar-refractivity contribution < 1.29 is 0 Å². The zero-order valence-electron chi connectivity index (χ0n) is 21.1. The summed E-state index contributed by atoms with van der Waals surface area (Å²) in [4.78, 5) is 18.9. The lowest BCUT2D eigenvalue weighted by molar-refractivity contribution is 0.752. The van der Waals surface area contributed by atoms with Crippen molar-refractivity contribution in [3.63, 3.8) is 0 Å². The maximum absolute atomic E-state index is 5.07. The van der Waals surface area contributed by atoms with Gasteiger partial charge in [0, 0.05) is 36.4 Å². The van der Waals surface area contributed by atoms with Gasteiger partial charge in [-0.05, 0) is 58.5 Å². The Labute approximate surface area is 229 Å². The van der Waals surface area contributed by atoms with Crippen LogP contribution in [0.1, 0.15) is 11.3 Å². The molecule has 0 unspecified atom stereocenters. The van der Waals surface area contributed by atoms with Crippen LogP contribution in [-0.4, -0.2) is 44.5 Å². The summed E-state index contributed by atoms with van der Waals surface area (Å²) >= 11 is 1.69. The molecule has 0 amide bonds. The summed E-state index contributed by atoms with van der Waals surface area (Å²) in [5.74, 6) is 0. The minimum atomic E-state index is 0.618. The van der Waals surface area contributed by atoms with Gasteiger partial charge in [-0.2, -0.15) is 5.10 Å². The highest BCUT2D eigenvalue weighted by Crippen LogP contribution is 2.34. The third kappa shape index (κ3) is 4.71. The van der Waals surface area contributed by atoms with Crippen LogP contribution >= 0.6 is 11.3 Å². The lowest BCUT2D eigenvalue weighted by atomic mass is 10.1. The van der Waals surface area contributed by atoms with Crippen molar-refractivity contribution in [3.8, 4) is 22.0 Å². The fourth-order valence-electron chi connectivity index (χ4n) is 4.88. The normalized spacial score (nSPS) is 13.5. The summed E-state index contributed by atoms with van der Waals surface area (Å²) < 4.78 is 0. The summed E-state index contributed by atoms with van der Waals surface area (Å²) in [6, 6.07) is 22.8. The van der Waals surface area contributed by atoms with E-state index in [0.29, 0.717) is 6.54 Å². The first-order chi connectivity index (χ1) is 19.3. The standard InChI is InChI=1S/C31H25N7S/c1-2-5-20(6-3-1)17-33-19-21-15-22(10-12-32-18-21)24-8-9-26-30(36-24)31(38-37-26)27-16-23-25(35-27)11-13-34-29(23)28-7-4-14-39-28/h1-11,13-16,18,33,35H,12,17,19H2,(H,37,38). The number of fused-ring (bicyclic) bond motifs is 2. The number of aliphatic imine (C=N–C) groups is 1.